The van der Waals surface area contributed by atoms with Crippen LogP contribution in [0.2, 0.25) is 0 Å². The Kier molecular flexibility index (Phi) is 6.73. The monoisotopic (exact) mass is 336 g/mol. The molecule has 0 bridgehead atoms. The van der Waals surface area contributed by atoms with Gasteiger partial charge >= 0.3 is 5.97 Å². The minimum Gasteiger partial charge on any atom is -0.462 e. The Bertz CT molecular complexity index is 427. The van der Waals surface area contributed by atoms with Crippen molar-refractivity contribution >= 4 is 5.97 Å². The average molecular weight is 336 g/mol. The van der Waals surface area contributed by atoms with Gasteiger partial charge in [0.1, 0.15) is 6.10 Å². The highest BCUT2D eigenvalue weighted by molar-refractivity contribution is 5.72. The van der Waals surface area contributed by atoms with Crippen LogP contribution in [0.5, 0.6) is 0 Å². The number of esters is 1. The van der Waals surface area contributed by atoms with E-state index in [1.807, 2.05) is 0 Å². The molecular weight excluding hydrogens is 304 g/mol. The third-order valence-corrected chi connectivity index (χ3v) is 5.63. The Balaban J connectivity index is 1.54. The second-order valence-corrected chi connectivity index (χ2v) is 7.49. The first-order valence-corrected chi connectivity index (χ1v) is 9.91. The van der Waals surface area contributed by atoms with E-state index in [1.54, 1.807) is 0 Å². The van der Waals surface area contributed by atoms with Gasteiger partial charge in [-0.15, -0.1) is 0 Å². The third-order valence-electron chi connectivity index (χ3n) is 5.63. The van der Waals surface area contributed by atoms with E-state index in [2.05, 4.69) is 19.1 Å². The number of rotatable bonds is 8. The van der Waals surface area contributed by atoms with Crippen molar-refractivity contribution in [2.75, 3.05) is 6.61 Å². The molecule has 0 aromatic heterocycles. The van der Waals surface area contributed by atoms with Crippen LogP contribution < -0.4 is 0 Å². The van der Waals surface area contributed by atoms with Gasteiger partial charge in [-0.05, 0) is 44.4 Å². The summed E-state index contributed by atoms with van der Waals surface area (Å²) >= 11 is 0. The van der Waals surface area contributed by atoms with Crippen molar-refractivity contribution in [1.29, 1.82) is 0 Å². The number of fused-ring (bicyclic) bond motifs is 1. The molecule has 5 atom stereocenters. The first-order chi connectivity index (χ1) is 11.8. The summed E-state index contributed by atoms with van der Waals surface area (Å²) in [6, 6.07) is 0. The molecule has 2 aliphatic heterocycles. The molecule has 0 aromatic rings. The summed E-state index contributed by atoms with van der Waals surface area (Å²) in [6.07, 6.45) is 15.6. The lowest BCUT2D eigenvalue weighted by Crippen LogP contribution is -2.27. The maximum atomic E-state index is 11.5. The number of unbranched alkanes of at least 4 members (excludes halogenated alkanes) is 2. The molecule has 0 N–H and O–H groups in total. The number of carbonyl (C=O) groups is 1. The van der Waals surface area contributed by atoms with Crippen LogP contribution >= 0.6 is 0 Å². The minimum absolute atomic E-state index is 0.0190. The topological polar surface area (TPSA) is 44.8 Å². The van der Waals surface area contributed by atoms with Gasteiger partial charge in [0, 0.05) is 12.5 Å². The summed E-state index contributed by atoms with van der Waals surface area (Å²) in [5, 5.41) is 0. The second-order valence-electron chi connectivity index (χ2n) is 7.49. The third kappa shape index (κ3) is 4.82. The van der Waals surface area contributed by atoms with Crippen LogP contribution in [0.15, 0.2) is 12.2 Å². The maximum absolute atomic E-state index is 11.5. The van der Waals surface area contributed by atoms with Crippen LogP contribution in [0, 0.1) is 11.8 Å². The van der Waals surface area contributed by atoms with E-state index in [9.17, 15) is 4.79 Å². The molecule has 1 aliphatic carbocycles. The van der Waals surface area contributed by atoms with Crippen LogP contribution in [-0.4, -0.2) is 31.1 Å². The molecule has 136 valence electrons. The molecule has 2 heterocycles. The van der Waals surface area contributed by atoms with E-state index in [0.717, 1.165) is 38.7 Å². The molecule has 2 saturated heterocycles. The zero-order valence-corrected chi connectivity index (χ0v) is 15.0. The minimum atomic E-state index is -0.0391. The van der Waals surface area contributed by atoms with Gasteiger partial charge < -0.3 is 14.2 Å². The number of ether oxygens (including phenoxy) is 3. The Morgan fingerprint density at radius 2 is 2.17 bits per heavy atom. The van der Waals surface area contributed by atoms with Crippen molar-refractivity contribution in [2.24, 2.45) is 11.8 Å². The summed E-state index contributed by atoms with van der Waals surface area (Å²) in [7, 11) is 0. The van der Waals surface area contributed by atoms with Crippen molar-refractivity contribution in [3.8, 4) is 0 Å². The maximum Gasteiger partial charge on any atom is 0.306 e. The van der Waals surface area contributed by atoms with Crippen LogP contribution in [-0.2, 0) is 19.0 Å². The highest BCUT2D eigenvalue weighted by Gasteiger charge is 2.43. The Morgan fingerprint density at radius 3 is 2.96 bits per heavy atom. The molecule has 3 fully saturated rings. The van der Waals surface area contributed by atoms with E-state index in [-0.39, 0.29) is 24.5 Å². The summed E-state index contributed by atoms with van der Waals surface area (Å²) < 4.78 is 17.4. The molecular formula is C20H32O4. The van der Waals surface area contributed by atoms with Gasteiger partial charge in [-0.25, -0.2) is 0 Å². The molecule has 4 heteroatoms. The summed E-state index contributed by atoms with van der Waals surface area (Å²) in [4.78, 5) is 11.5. The molecule has 1 unspecified atom stereocenters. The Hall–Kier alpha value is -0.870. The molecule has 0 aromatic carbocycles. The van der Waals surface area contributed by atoms with E-state index >= 15 is 0 Å². The zero-order chi connectivity index (χ0) is 16.8. The highest BCUT2D eigenvalue weighted by Crippen LogP contribution is 2.41. The second kappa shape index (κ2) is 9.00. The molecule has 24 heavy (non-hydrogen) atoms. The molecule has 0 radical (unpaired) electrons. The van der Waals surface area contributed by atoms with E-state index in [4.69, 9.17) is 14.2 Å². The number of hydrogen-bond acceptors (Lipinski definition) is 4. The predicted octanol–water partition coefficient (Wildman–Crippen LogP) is 4.38. The zero-order valence-electron chi connectivity index (χ0n) is 15.0. The lowest BCUT2D eigenvalue weighted by atomic mass is 9.92. The van der Waals surface area contributed by atoms with Crippen molar-refractivity contribution in [3.05, 3.63) is 12.2 Å². The van der Waals surface area contributed by atoms with Crippen LogP contribution in [0.25, 0.3) is 0 Å². The summed E-state index contributed by atoms with van der Waals surface area (Å²) in [6.45, 7) is 3.05. The lowest BCUT2D eigenvalue weighted by Gasteiger charge is -2.27. The largest absolute Gasteiger partial charge is 0.462 e. The fraction of sp³-hybridized carbons (Fsp3) is 0.850. The predicted molar refractivity (Wildman–Crippen MR) is 92.5 cm³/mol. The number of allylic oxidation sites excluding steroid dienone is 1. The quantitative estimate of drug-likeness (QED) is 0.375. The van der Waals surface area contributed by atoms with Gasteiger partial charge in [0.05, 0.1) is 12.5 Å². The molecule has 3 aliphatic rings. The van der Waals surface area contributed by atoms with Crippen molar-refractivity contribution in [2.45, 2.75) is 89.6 Å². The first kappa shape index (κ1) is 17.9. The SMILES string of the molecule is CCCCC[C@@H](C=C[C@@H]1CC[C@H]2OC(=O)C[C@@H]12)OC1CCCCO1. The van der Waals surface area contributed by atoms with Crippen LogP contribution in [0.3, 0.4) is 0 Å². The molecule has 4 nitrogen and oxygen atoms in total. The van der Waals surface area contributed by atoms with E-state index in [0.29, 0.717) is 18.3 Å². The van der Waals surface area contributed by atoms with Gasteiger partial charge in [0.25, 0.3) is 0 Å². The molecule has 1 saturated carbocycles. The van der Waals surface area contributed by atoms with Gasteiger partial charge in [0.15, 0.2) is 6.29 Å². The van der Waals surface area contributed by atoms with Crippen molar-refractivity contribution in [1.82, 2.24) is 0 Å². The fourth-order valence-electron chi connectivity index (χ4n) is 4.22. The average Bonchev–Trinajstić information content (AvgIpc) is 3.13. The Labute approximate surface area is 145 Å². The standard InChI is InChI=1S/C20H32O4/c1-2-3-4-7-16(23-20-8-5-6-13-22-20)11-9-15-10-12-18-17(15)14-19(21)24-18/h9,11,15-18,20H,2-8,10,12-14H2,1H3/t15-,16+,17+,18-,20?/m1/s1. The molecule has 0 amide bonds. The van der Waals surface area contributed by atoms with Gasteiger partial charge in [-0.2, -0.15) is 0 Å². The summed E-state index contributed by atoms with van der Waals surface area (Å²) in [5.74, 6) is 0.830. The summed E-state index contributed by atoms with van der Waals surface area (Å²) in [5.41, 5.74) is 0. The van der Waals surface area contributed by atoms with E-state index < -0.39 is 0 Å². The molecule has 0 spiro atoms. The van der Waals surface area contributed by atoms with Crippen LogP contribution in [0.4, 0.5) is 0 Å². The lowest BCUT2D eigenvalue weighted by molar-refractivity contribution is -0.179. The van der Waals surface area contributed by atoms with E-state index in [1.165, 1.54) is 25.7 Å². The highest BCUT2D eigenvalue weighted by atomic mass is 16.7. The van der Waals surface area contributed by atoms with Crippen LogP contribution in [0.1, 0.15) is 71.1 Å². The van der Waals surface area contributed by atoms with Gasteiger partial charge in [0.2, 0.25) is 0 Å². The smallest absolute Gasteiger partial charge is 0.306 e. The van der Waals surface area contributed by atoms with Gasteiger partial charge in [-0.3, -0.25) is 4.79 Å². The van der Waals surface area contributed by atoms with Gasteiger partial charge in [-0.1, -0.05) is 38.3 Å². The Morgan fingerprint density at radius 1 is 1.25 bits per heavy atom. The number of hydrogen-bond donors (Lipinski definition) is 0. The van der Waals surface area contributed by atoms with Crippen molar-refractivity contribution in [3.63, 3.8) is 0 Å². The normalized spacial score (nSPS) is 34.5. The van der Waals surface area contributed by atoms with Crippen molar-refractivity contribution < 1.29 is 19.0 Å². The fourth-order valence-corrected chi connectivity index (χ4v) is 4.22. The molecule has 3 rings (SSSR count). The number of carbonyl (C=O) groups excluding carboxylic acids is 1. The first-order valence-electron chi connectivity index (χ1n) is 9.91.